The molecule has 0 bridgehead atoms. The Balaban J connectivity index is 1.86. The van der Waals surface area contributed by atoms with Gasteiger partial charge in [-0.05, 0) is 43.6 Å². The van der Waals surface area contributed by atoms with Gasteiger partial charge < -0.3 is 16.0 Å². The fourth-order valence-corrected chi connectivity index (χ4v) is 4.17. The van der Waals surface area contributed by atoms with Crippen molar-refractivity contribution in [1.82, 2.24) is 14.9 Å². The molecule has 1 aromatic heterocycles. The highest BCUT2D eigenvalue weighted by atomic mass is 16.2. The Morgan fingerprint density at radius 1 is 1.24 bits per heavy atom. The molecule has 8 nitrogen and oxygen atoms in total. The Labute approximate surface area is 195 Å². The summed E-state index contributed by atoms with van der Waals surface area (Å²) in [4.78, 5) is 42.3. The number of nitrogens with two attached hydrogens (primary N) is 1. The number of nitrogens with zero attached hydrogens (tertiary/aromatic N) is 2. The summed E-state index contributed by atoms with van der Waals surface area (Å²) in [7, 11) is 0. The minimum atomic E-state index is -0.559. The number of nitrogens with one attached hydrogen (secondary N) is 2. The van der Waals surface area contributed by atoms with Gasteiger partial charge in [0.25, 0.3) is 5.56 Å². The number of carbonyl (C=O) groups is 1. The normalized spacial score (nSPS) is 14.3. The summed E-state index contributed by atoms with van der Waals surface area (Å²) in [6.07, 6.45) is 3.83. The van der Waals surface area contributed by atoms with Gasteiger partial charge in [0, 0.05) is 13.1 Å². The number of H-pyrrole nitrogens is 1. The van der Waals surface area contributed by atoms with Crippen molar-refractivity contribution in [2.45, 2.75) is 66.0 Å². The summed E-state index contributed by atoms with van der Waals surface area (Å²) in [6.45, 7) is 8.97. The van der Waals surface area contributed by atoms with Crippen LogP contribution in [-0.4, -0.2) is 28.5 Å². The maximum absolute atomic E-state index is 13.2. The second-order valence-corrected chi connectivity index (χ2v) is 9.57. The number of unbranched alkanes of at least 4 members (excludes halogenated alkanes) is 1. The molecule has 1 fully saturated rings. The molecule has 1 atom stereocenters. The van der Waals surface area contributed by atoms with Crippen molar-refractivity contribution in [3.63, 3.8) is 0 Å². The van der Waals surface area contributed by atoms with Crippen molar-refractivity contribution < 1.29 is 4.79 Å². The van der Waals surface area contributed by atoms with E-state index in [-0.39, 0.29) is 35.9 Å². The smallest absolute Gasteiger partial charge is 0.330 e. The monoisotopic (exact) mass is 455 g/mol. The van der Waals surface area contributed by atoms with Gasteiger partial charge in [-0.25, -0.2) is 4.79 Å². The van der Waals surface area contributed by atoms with Crippen molar-refractivity contribution in [3.8, 4) is 0 Å². The van der Waals surface area contributed by atoms with Gasteiger partial charge in [-0.1, -0.05) is 57.0 Å². The lowest BCUT2D eigenvalue weighted by Gasteiger charge is -2.28. The van der Waals surface area contributed by atoms with Gasteiger partial charge >= 0.3 is 5.69 Å². The van der Waals surface area contributed by atoms with Gasteiger partial charge in [0.05, 0.1) is 12.6 Å². The molecule has 1 amide bonds. The van der Waals surface area contributed by atoms with Crippen LogP contribution in [0.3, 0.4) is 0 Å². The maximum Gasteiger partial charge on any atom is 0.330 e. The highest BCUT2D eigenvalue weighted by Crippen LogP contribution is 2.41. The standard InChI is InChI=1S/C25H37N5O3/c1-5-6-13-30-23(26)22(24(32)28-25(30)33)29(14-16(2)3)15-20(31)27-21(19-11-12-19)18-9-7-17(4)8-10-18/h7-10,16,19,21H,5-6,11-15,26H2,1-4H3,(H,27,31)(H,28,32,33). The summed E-state index contributed by atoms with van der Waals surface area (Å²) in [6, 6.07) is 8.20. The molecule has 1 saturated carbocycles. The molecule has 1 aliphatic rings. The molecule has 1 aromatic carbocycles. The van der Waals surface area contributed by atoms with Crippen molar-refractivity contribution >= 4 is 17.4 Å². The Hall–Kier alpha value is -3.03. The van der Waals surface area contributed by atoms with Crippen molar-refractivity contribution in [1.29, 1.82) is 0 Å². The van der Waals surface area contributed by atoms with Crippen LogP contribution in [0.25, 0.3) is 0 Å². The predicted octanol–water partition coefficient (Wildman–Crippen LogP) is 2.96. The zero-order valence-electron chi connectivity index (χ0n) is 20.2. The highest BCUT2D eigenvalue weighted by Gasteiger charge is 2.34. The summed E-state index contributed by atoms with van der Waals surface area (Å²) in [5, 5.41) is 3.19. The number of aryl methyl sites for hydroxylation is 1. The molecular weight excluding hydrogens is 418 g/mol. The first-order valence-corrected chi connectivity index (χ1v) is 11.9. The Morgan fingerprint density at radius 3 is 2.48 bits per heavy atom. The SMILES string of the molecule is CCCCn1c(N)c(N(CC(=O)NC(c2ccc(C)cc2)C2CC2)CC(C)C)c(=O)[nH]c1=O. The van der Waals surface area contributed by atoms with E-state index in [0.29, 0.717) is 19.0 Å². The number of carbonyl (C=O) groups excluding carboxylic acids is 1. The van der Waals surface area contributed by atoms with Crippen LogP contribution in [0.15, 0.2) is 33.9 Å². The highest BCUT2D eigenvalue weighted by molar-refractivity contribution is 5.83. The molecule has 1 aliphatic carbocycles. The zero-order valence-corrected chi connectivity index (χ0v) is 20.2. The Bertz CT molecular complexity index is 1070. The topological polar surface area (TPSA) is 113 Å². The average Bonchev–Trinajstić information content (AvgIpc) is 3.57. The number of hydrogen-bond donors (Lipinski definition) is 3. The van der Waals surface area contributed by atoms with Gasteiger partial charge in [0.2, 0.25) is 5.91 Å². The van der Waals surface area contributed by atoms with Crippen LogP contribution in [0, 0.1) is 18.8 Å². The first kappa shape index (κ1) is 24.6. The van der Waals surface area contributed by atoms with Crippen LogP contribution in [-0.2, 0) is 11.3 Å². The Kier molecular flexibility index (Phi) is 8.00. The van der Waals surface area contributed by atoms with Crippen molar-refractivity contribution in [3.05, 3.63) is 56.2 Å². The van der Waals surface area contributed by atoms with Gasteiger partial charge in [-0.2, -0.15) is 0 Å². The molecule has 33 heavy (non-hydrogen) atoms. The third-order valence-corrected chi connectivity index (χ3v) is 6.03. The average molecular weight is 456 g/mol. The van der Waals surface area contributed by atoms with E-state index in [0.717, 1.165) is 31.2 Å². The molecule has 1 unspecified atom stereocenters. The molecule has 0 radical (unpaired) electrons. The van der Waals surface area contributed by atoms with E-state index in [1.54, 1.807) is 4.90 Å². The molecule has 180 valence electrons. The van der Waals surface area contributed by atoms with Gasteiger partial charge in [-0.3, -0.25) is 19.1 Å². The minimum Gasteiger partial charge on any atom is -0.383 e. The first-order valence-electron chi connectivity index (χ1n) is 11.9. The van der Waals surface area contributed by atoms with E-state index in [9.17, 15) is 14.4 Å². The molecule has 3 rings (SSSR count). The van der Waals surface area contributed by atoms with E-state index in [4.69, 9.17) is 5.73 Å². The number of anilines is 2. The Morgan fingerprint density at radius 2 is 1.91 bits per heavy atom. The fourth-order valence-electron chi connectivity index (χ4n) is 4.17. The summed E-state index contributed by atoms with van der Waals surface area (Å²) < 4.78 is 1.39. The second kappa shape index (κ2) is 10.7. The van der Waals surface area contributed by atoms with E-state index in [1.807, 2.05) is 27.7 Å². The van der Waals surface area contributed by atoms with Crippen LogP contribution in [0.5, 0.6) is 0 Å². The summed E-state index contributed by atoms with van der Waals surface area (Å²) >= 11 is 0. The van der Waals surface area contributed by atoms with Crippen molar-refractivity contribution in [2.24, 2.45) is 11.8 Å². The second-order valence-electron chi connectivity index (χ2n) is 9.57. The van der Waals surface area contributed by atoms with Crippen molar-refractivity contribution in [2.75, 3.05) is 23.7 Å². The van der Waals surface area contributed by atoms with Crippen LogP contribution in [0.4, 0.5) is 11.5 Å². The number of rotatable bonds is 11. The van der Waals surface area contributed by atoms with Crippen LogP contribution < -0.4 is 27.2 Å². The molecule has 1 heterocycles. The molecule has 8 heteroatoms. The number of aromatic nitrogens is 2. The zero-order chi connectivity index (χ0) is 24.1. The lowest BCUT2D eigenvalue weighted by atomic mass is 10.0. The number of hydrogen-bond acceptors (Lipinski definition) is 5. The third-order valence-electron chi connectivity index (χ3n) is 6.03. The van der Waals surface area contributed by atoms with Gasteiger partial charge in [0.1, 0.15) is 11.5 Å². The van der Waals surface area contributed by atoms with E-state index < -0.39 is 11.2 Å². The van der Waals surface area contributed by atoms with Gasteiger partial charge in [-0.15, -0.1) is 0 Å². The van der Waals surface area contributed by atoms with Crippen LogP contribution in [0.1, 0.15) is 63.6 Å². The first-order chi connectivity index (χ1) is 15.7. The van der Waals surface area contributed by atoms with Gasteiger partial charge in [0.15, 0.2) is 0 Å². The maximum atomic E-state index is 13.2. The minimum absolute atomic E-state index is 0.00742. The molecule has 0 aliphatic heterocycles. The third kappa shape index (κ3) is 6.27. The summed E-state index contributed by atoms with van der Waals surface area (Å²) in [5.41, 5.74) is 7.70. The van der Waals surface area contributed by atoms with Crippen LogP contribution in [0.2, 0.25) is 0 Å². The molecule has 0 spiro atoms. The van der Waals surface area contributed by atoms with E-state index >= 15 is 0 Å². The van der Waals surface area contributed by atoms with Crippen LogP contribution >= 0.6 is 0 Å². The fraction of sp³-hybridized carbons (Fsp3) is 0.560. The largest absolute Gasteiger partial charge is 0.383 e. The molecular formula is C25H37N5O3. The van der Waals surface area contributed by atoms with E-state index in [2.05, 4.69) is 34.6 Å². The summed E-state index contributed by atoms with van der Waals surface area (Å²) in [5.74, 6) is 0.560. The number of aromatic amines is 1. The number of benzene rings is 1. The van der Waals surface area contributed by atoms with E-state index in [1.165, 1.54) is 10.1 Å². The quantitative estimate of drug-likeness (QED) is 0.482. The number of nitrogen functional groups attached to an aromatic ring is 1. The molecule has 4 N–H and O–H groups in total. The molecule has 0 saturated heterocycles. The molecule has 2 aromatic rings. The number of amides is 1. The lowest BCUT2D eigenvalue weighted by molar-refractivity contribution is -0.120. The predicted molar refractivity (Wildman–Crippen MR) is 132 cm³/mol. The lowest BCUT2D eigenvalue weighted by Crippen LogP contribution is -2.45.